The Morgan fingerprint density at radius 1 is 1.12 bits per heavy atom. The number of aliphatic carboxylic acids is 1. The molecule has 1 amide bonds. The third-order valence-electron chi connectivity index (χ3n) is 3.30. The topological polar surface area (TPSA) is 84.9 Å². The summed E-state index contributed by atoms with van der Waals surface area (Å²) < 4.78 is 10.7. The SMILES string of the molecule is COc1cc(/C=C/C(=O)O)ccc1OCC(=O)NCc1ccccc1. The van der Waals surface area contributed by atoms with Crippen LogP contribution in [-0.4, -0.2) is 30.7 Å². The summed E-state index contributed by atoms with van der Waals surface area (Å²) in [4.78, 5) is 22.4. The van der Waals surface area contributed by atoms with Crippen molar-refractivity contribution in [2.45, 2.75) is 6.54 Å². The average molecular weight is 341 g/mol. The number of methoxy groups -OCH3 is 1. The molecule has 0 saturated heterocycles. The Morgan fingerprint density at radius 2 is 1.88 bits per heavy atom. The van der Waals surface area contributed by atoms with Crippen molar-refractivity contribution in [1.82, 2.24) is 5.32 Å². The molecule has 6 heteroatoms. The lowest BCUT2D eigenvalue weighted by molar-refractivity contribution is -0.131. The minimum absolute atomic E-state index is 0.145. The highest BCUT2D eigenvalue weighted by Crippen LogP contribution is 2.28. The van der Waals surface area contributed by atoms with Gasteiger partial charge >= 0.3 is 5.97 Å². The maximum Gasteiger partial charge on any atom is 0.328 e. The van der Waals surface area contributed by atoms with E-state index in [-0.39, 0.29) is 12.5 Å². The van der Waals surface area contributed by atoms with E-state index in [2.05, 4.69) is 5.32 Å². The summed E-state index contributed by atoms with van der Waals surface area (Å²) in [6, 6.07) is 14.5. The molecule has 0 aromatic heterocycles. The molecule has 0 radical (unpaired) electrons. The maximum atomic E-state index is 11.9. The van der Waals surface area contributed by atoms with Crippen molar-refractivity contribution >= 4 is 18.0 Å². The van der Waals surface area contributed by atoms with Crippen LogP contribution in [0.25, 0.3) is 6.08 Å². The molecule has 6 nitrogen and oxygen atoms in total. The third-order valence-corrected chi connectivity index (χ3v) is 3.30. The van der Waals surface area contributed by atoms with Crippen LogP contribution >= 0.6 is 0 Å². The molecule has 0 heterocycles. The fraction of sp³-hybridized carbons (Fsp3) is 0.158. The third kappa shape index (κ3) is 6.02. The average Bonchev–Trinajstić information content (AvgIpc) is 2.64. The molecule has 2 aromatic carbocycles. The molecular formula is C19H19NO5. The Bertz CT molecular complexity index is 756. The van der Waals surface area contributed by atoms with Crippen LogP contribution < -0.4 is 14.8 Å². The lowest BCUT2D eigenvalue weighted by atomic mass is 10.2. The summed E-state index contributed by atoms with van der Waals surface area (Å²) in [7, 11) is 1.47. The van der Waals surface area contributed by atoms with Gasteiger partial charge in [-0.2, -0.15) is 0 Å². The molecule has 2 aromatic rings. The molecule has 0 aliphatic rings. The largest absolute Gasteiger partial charge is 0.493 e. The number of hydrogen-bond donors (Lipinski definition) is 2. The van der Waals surface area contributed by atoms with E-state index in [4.69, 9.17) is 14.6 Å². The highest BCUT2D eigenvalue weighted by molar-refractivity contribution is 5.85. The Balaban J connectivity index is 1.91. The van der Waals surface area contributed by atoms with E-state index in [0.29, 0.717) is 23.6 Å². The standard InChI is InChI=1S/C19H19NO5/c1-24-17-11-14(8-10-19(22)23)7-9-16(17)25-13-18(21)20-12-15-5-3-2-4-6-15/h2-11H,12-13H2,1H3,(H,20,21)(H,22,23)/b10-8+. The van der Waals surface area contributed by atoms with Gasteiger partial charge in [-0.05, 0) is 29.3 Å². The van der Waals surface area contributed by atoms with E-state index in [1.807, 2.05) is 30.3 Å². The first-order valence-corrected chi connectivity index (χ1v) is 7.61. The Labute approximate surface area is 145 Å². The van der Waals surface area contributed by atoms with E-state index in [0.717, 1.165) is 11.6 Å². The molecule has 0 unspecified atom stereocenters. The van der Waals surface area contributed by atoms with Crippen LogP contribution in [0.3, 0.4) is 0 Å². The van der Waals surface area contributed by atoms with Gasteiger partial charge in [0.2, 0.25) is 0 Å². The summed E-state index contributed by atoms with van der Waals surface area (Å²) in [6.45, 7) is 0.284. The first kappa shape index (κ1) is 18.1. The predicted molar refractivity (Wildman–Crippen MR) is 93.4 cm³/mol. The van der Waals surface area contributed by atoms with E-state index >= 15 is 0 Å². The van der Waals surface area contributed by atoms with Crippen molar-refractivity contribution in [3.8, 4) is 11.5 Å². The molecule has 0 aliphatic carbocycles. The highest BCUT2D eigenvalue weighted by atomic mass is 16.5. The Morgan fingerprint density at radius 3 is 2.56 bits per heavy atom. The maximum absolute atomic E-state index is 11.9. The van der Waals surface area contributed by atoms with Crippen molar-refractivity contribution < 1.29 is 24.2 Å². The predicted octanol–water partition coefficient (Wildman–Crippen LogP) is 2.49. The number of ether oxygens (including phenoxy) is 2. The smallest absolute Gasteiger partial charge is 0.328 e. The van der Waals surface area contributed by atoms with Crippen LogP contribution in [-0.2, 0) is 16.1 Å². The number of nitrogens with one attached hydrogen (secondary N) is 1. The van der Waals surface area contributed by atoms with Crippen molar-refractivity contribution in [3.63, 3.8) is 0 Å². The Kier molecular flexibility index (Phi) is 6.59. The van der Waals surface area contributed by atoms with Crippen LogP contribution in [0.5, 0.6) is 11.5 Å². The number of carbonyl (C=O) groups excluding carboxylic acids is 1. The van der Waals surface area contributed by atoms with Crippen LogP contribution in [0.1, 0.15) is 11.1 Å². The van der Waals surface area contributed by atoms with Gasteiger partial charge in [0.15, 0.2) is 18.1 Å². The summed E-state index contributed by atoms with van der Waals surface area (Å²) in [5.74, 6) is -0.455. The van der Waals surface area contributed by atoms with Crippen molar-refractivity contribution in [1.29, 1.82) is 0 Å². The molecule has 0 aliphatic heterocycles. The molecule has 0 atom stereocenters. The van der Waals surface area contributed by atoms with Gasteiger partial charge in [-0.25, -0.2) is 4.79 Å². The van der Waals surface area contributed by atoms with Crippen molar-refractivity contribution in [2.24, 2.45) is 0 Å². The van der Waals surface area contributed by atoms with Crippen molar-refractivity contribution in [2.75, 3.05) is 13.7 Å². The van der Waals surface area contributed by atoms with Crippen molar-refractivity contribution in [3.05, 3.63) is 65.7 Å². The summed E-state index contributed by atoms with van der Waals surface area (Å²) in [6.07, 6.45) is 2.48. The first-order chi connectivity index (χ1) is 12.1. The van der Waals surface area contributed by atoms with Gasteiger partial charge in [0, 0.05) is 12.6 Å². The molecule has 0 saturated carbocycles. The molecule has 0 spiro atoms. The molecule has 25 heavy (non-hydrogen) atoms. The van der Waals surface area contributed by atoms with Gasteiger partial charge in [-0.1, -0.05) is 36.4 Å². The fourth-order valence-corrected chi connectivity index (χ4v) is 2.07. The first-order valence-electron chi connectivity index (χ1n) is 7.61. The molecule has 0 fully saturated rings. The van der Waals surface area contributed by atoms with Crippen LogP contribution in [0, 0.1) is 0 Å². The number of carbonyl (C=O) groups is 2. The summed E-state index contributed by atoms with van der Waals surface area (Å²) in [5.41, 5.74) is 1.66. The number of amides is 1. The number of hydrogen-bond acceptors (Lipinski definition) is 4. The minimum Gasteiger partial charge on any atom is -0.493 e. The van der Waals surface area contributed by atoms with Gasteiger partial charge in [-0.15, -0.1) is 0 Å². The summed E-state index contributed by atoms with van der Waals surface area (Å²) in [5, 5.41) is 11.4. The number of benzene rings is 2. The van der Waals surface area contributed by atoms with Gasteiger partial charge in [0.25, 0.3) is 5.91 Å². The van der Waals surface area contributed by atoms with Crippen LogP contribution in [0.15, 0.2) is 54.6 Å². The molecule has 2 rings (SSSR count). The zero-order valence-electron chi connectivity index (χ0n) is 13.8. The zero-order valence-corrected chi connectivity index (χ0v) is 13.8. The highest BCUT2D eigenvalue weighted by Gasteiger charge is 2.08. The fourth-order valence-electron chi connectivity index (χ4n) is 2.07. The minimum atomic E-state index is -1.03. The number of rotatable bonds is 8. The van der Waals surface area contributed by atoms with Crippen LogP contribution in [0.2, 0.25) is 0 Å². The summed E-state index contributed by atoms with van der Waals surface area (Å²) >= 11 is 0. The second kappa shape index (κ2) is 9.12. The molecule has 2 N–H and O–H groups in total. The zero-order chi connectivity index (χ0) is 18.1. The normalized spacial score (nSPS) is 10.4. The van der Waals surface area contributed by atoms with Gasteiger partial charge < -0.3 is 19.9 Å². The van der Waals surface area contributed by atoms with Gasteiger partial charge in [0.05, 0.1) is 7.11 Å². The Hall–Kier alpha value is -3.28. The number of carboxylic acids is 1. The van der Waals surface area contributed by atoms with E-state index in [1.165, 1.54) is 13.2 Å². The molecular weight excluding hydrogens is 322 g/mol. The van der Waals surface area contributed by atoms with E-state index in [9.17, 15) is 9.59 Å². The second-order valence-corrected chi connectivity index (χ2v) is 5.13. The number of carboxylic acid groups (broad SMARTS) is 1. The monoisotopic (exact) mass is 341 g/mol. The quantitative estimate of drug-likeness (QED) is 0.721. The lowest BCUT2D eigenvalue weighted by Crippen LogP contribution is -2.28. The second-order valence-electron chi connectivity index (χ2n) is 5.13. The van der Waals surface area contributed by atoms with Gasteiger partial charge in [-0.3, -0.25) is 4.79 Å². The van der Waals surface area contributed by atoms with Gasteiger partial charge in [0.1, 0.15) is 0 Å². The molecule has 0 bridgehead atoms. The van der Waals surface area contributed by atoms with E-state index in [1.54, 1.807) is 18.2 Å². The van der Waals surface area contributed by atoms with E-state index < -0.39 is 5.97 Å². The lowest BCUT2D eigenvalue weighted by Gasteiger charge is -2.11. The van der Waals surface area contributed by atoms with Crippen LogP contribution in [0.4, 0.5) is 0 Å². The molecule has 130 valence electrons.